The van der Waals surface area contributed by atoms with Crippen LogP contribution in [0.5, 0.6) is 0 Å². The van der Waals surface area contributed by atoms with Crippen molar-refractivity contribution < 1.29 is 0 Å². The second-order valence-corrected chi connectivity index (χ2v) is 9.07. The van der Waals surface area contributed by atoms with Crippen LogP contribution in [0.4, 0.5) is 0 Å². The summed E-state index contributed by atoms with van der Waals surface area (Å²) in [6.07, 6.45) is 5.75. The van der Waals surface area contributed by atoms with E-state index in [0.29, 0.717) is 17.1 Å². The summed E-state index contributed by atoms with van der Waals surface area (Å²) in [7, 11) is 0. The van der Waals surface area contributed by atoms with Crippen molar-refractivity contribution in [3.8, 4) is 21.8 Å². The minimum Gasteiger partial charge on any atom is -0.344 e. The molecule has 1 aliphatic carbocycles. The molecular formula is C24H18N4OS. The lowest BCUT2D eigenvalue weighted by atomic mass is 10.0. The van der Waals surface area contributed by atoms with Gasteiger partial charge in [-0.25, -0.2) is 9.97 Å². The molecule has 1 fully saturated rings. The molecule has 0 bridgehead atoms. The first-order valence-electron chi connectivity index (χ1n) is 10.0. The van der Waals surface area contributed by atoms with Gasteiger partial charge in [0.1, 0.15) is 5.69 Å². The molecule has 146 valence electrons. The molecule has 1 aliphatic rings. The van der Waals surface area contributed by atoms with Crippen LogP contribution in [0, 0.1) is 6.92 Å². The van der Waals surface area contributed by atoms with E-state index in [9.17, 15) is 4.79 Å². The molecule has 4 heterocycles. The monoisotopic (exact) mass is 410 g/mol. The van der Waals surface area contributed by atoms with Gasteiger partial charge in [0.25, 0.3) is 0 Å². The Morgan fingerprint density at radius 3 is 2.77 bits per heavy atom. The van der Waals surface area contributed by atoms with E-state index in [4.69, 9.17) is 9.97 Å². The Labute approximate surface area is 176 Å². The van der Waals surface area contributed by atoms with E-state index in [1.54, 1.807) is 17.5 Å². The van der Waals surface area contributed by atoms with Crippen LogP contribution in [-0.4, -0.2) is 19.9 Å². The second-order valence-electron chi connectivity index (χ2n) is 7.79. The summed E-state index contributed by atoms with van der Waals surface area (Å²) in [4.78, 5) is 32.8. The van der Waals surface area contributed by atoms with Crippen molar-refractivity contribution in [3.05, 3.63) is 75.5 Å². The number of pyridine rings is 2. The van der Waals surface area contributed by atoms with Crippen molar-refractivity contribution in [2.24, 2.45) is 0 Å². The number of aryl methyl sites for hydroxylation is 1. The zero-order valence-electron chi connectivity index (χ0n) is 16.3. The highest BCUT2D eigenvalue weighted by Gasteiger charge is 2.28. The lowest BCUT2D eigenvalue weighted by molar-refractivity contribution is 1.07. The number of aromatic nitrogens is 4. The van der Waals surface area contributed by atoms with Crippen LogP contribution < -0.4 is 5.43 Å². The van der Waals surface area contributed by atoms with Crippen molar-refractivity contribution in [1.82, 2.24) is 19.9 Å². The fourth-order valence-corrected chi connectivity index (χ4v) is 4.76. The van der Waals surface area contributed by atoms with Gasteiger partial charge >= 0.3 is 0 Å². The minimum atomic E-state index is -0.00336. The Balaban J connectivity index is 1.65. The first-order chi connectivity index (χ1) is 14.7. The number of hydrogen-bond acceptors (Lipinski definition) is 5. The van der Waals surface area contributed by atoms with Crippen LogP contribution >= 0.6 is 11.3 Å². The maximum Gasteiger partial charge on any atom is 0.212 e. The lowest BCUT2D eigenvalue weighted by Gasteiger charge is -2.10. The summed E-state index contributed by atoms with van der Waals surface area (Å²) in [5.41, 5.74) is 5.16. The zero-order chi connectivity index (χ0) is 20.2. The Hall–Kier alpha value is -3.38. The Kier molecular flexibility index (Phi) is 3.83. The van der Waals surface area contributed by atoms with Gasteiger partial charge in [-0.3, -0.25) is 9.78 Å². The van der Waals surface area contributed by atoms with E-state index in [0.717, 1.165) is 51.1 Å². The second kappa shape index (κ2) is 6.57. The normalized spacial score (nSPS) is 13.9. The van der Waals surface area contributed by atoms with E-state index < -0.39 is 0 Å². The average Bonchev–Trinajstić information content (AvgIpc) is 3.52. The summed E-state index contributed by atoms with van der Waals surface area (Å²) < 4.78 is 0. The summed E-state index contributed by atoms with van der Waals surface area (Å²) in [5.74, 6) is 0.356. The summed E-state index contributed by atoms with van der Waals surface area (Å²) in [6, 6.07) is 14.2. The number of H-pyrrole nitrogens is 1. The molecule has 30 heavy (non-hydrogen) atoms. The third kappa shape index (κ3) is 2.83. The number of hydrogen-bond donors (Lipinski definition) is 1. The molecule has 0 amide bonds. The number of nitrogens with zero attached hydrogens (tertiary/aromatic N) is 3. The van der Waals surface area contributed by atoms with E-state index >= 15 is 0 Å². The number of thiophene rings is 1. The van der Waals surface area contributed by atoms with Crippen molar-refractivity contribution in [2.45, 2.75) is 25.7 Å². The third-order valence-electron chi connectivity index (χ3n) is 5.60. The Bertz CT molecular complexity index is 1500. The van der Waals surface area contributed by atoms with Crippen LogP contribution in [-0.2, 0) is 0 Å². The molecule has 1 N–H and O–H groups in total. The molecule has 5 nitrogen and oxygen atoms in total. The van der Waals surface area contributed by atoms with Gasteiger partial charge in [-0.2, -0.15) is 0 Å². The number of rotatable bonds is 3. The predicted molar refractivity (Wildman–Crippen MR) is 121 cm³/mol. The molecule has 0 radical (unpaired) electrons. The smallest absolute Gasteiger partial charge is 0.212 e. The lowest BCUT2D eigenvalue weighted by Crippen LogP contribution is -2.12. The molecule has 6 rings (SSSR count). The maximum absolute atomic E-state index is 13.1. The highest BCUT2D eigenvalue weighted by atomic mass is 32.1. The average molecular weight is 411 g/mol. The predicted octanol–water partition coefficient (Wildman–Crippen LogP) is 5.45. The third-order valence-corrected chi connectivity index (χ3v) is 6.61. The molecule has 0 aliphatic heterocycles. The van der Waals surface area contributed by atoms with Gasteiger partial charge in [-0.15, -0.1) is 11.3 Å². The van der Waals surface area contributed by atoms with Crippen LogP contribution in [0.15, 0.2) is 59.7 Å². The van der Waals surface area contributed by atoms with Crippen LogP contribution in [0.1, 0.15) is 29.2 Å². The SMILES string of the molecule is Cc1ccc(-c2nc3[nH]cc(C4CC4)c(=O)c3nc2-c2ccc3ncccc3c2)s1. The molecule has 0 saturated heterocycles. The van der Waals surface area contributed by atoms with Gasteiger partial charge < -0.3 is 4.98 Å². The molecule has 6 heteroatoms. The highest BCUT2D eigenvalue weighted by Crippen LogP contribution is 2.39. The molecule has 4 aromatic heterocycles. The number of aromatic amines is 1. The van der Waals surface area contributed by atoms with Crippen LogP contribution in [0.2, 0.25) is 0 Å². The molecular weight excluding hydrogens is 392 g/mol. The first kappa shape index (κ1) is 17.5. The molecule has 0 atom stereocenters. The van der Waals surface area contributed by atoms with Gasteiger partial charge in [0.05, 0.1) is 16.1 Å². The van der Waals surface area contributed by atoms with Gasteiger partial charge in [-0.05, 0) is 56.0 Å². The minimum absolute atomic E-state index is 0.00336. The largest absolute Gasteiger partial charge is 0.344 e. The summed E-state index contributed by atoms with van der Waals surface area (Å²) in [5, 5.41) is 1.03. The Morgan fingerprint density at radius 1 is 1.07 bits per heavy atom. The van der Waals surface area contributed by atoms with Crippen LogP contribution in [0.25, 0.3) is 43.9 Å². The summed E-state index contributed by atoms with van der Waals surface area (Å²) in [6.45, 7) is 2.08. The maximum atomic E-state index is 13.1. The highest BCUT2D eigenvalue weighted by molar-refractivity contribution is 7.15. The number of nitrogens with one attached hydrogen (secondary N) is 1. The van der Waals surface area contributed by atoms with Crippen molar-refractivity contribution in [1.29, 1.82) is 0 Å². The zero-order valence-corrected chi connectivity index (χ0v) is 17.2. The molecule has 1 aromatic carbocycles. The van der Waals surface area contributed by atoms with Gasteiger partial charge in [0, 0.05) is 33.8 Å². The van der Waals surface area contributed by atoms with E-state index in [1.807, 2.05) is 30.5 Å². The molecule has 0 spiro atoms. The number of benzene rings is 1. The fourth-order valence-electron chi connectivity index (χ4n) is 3.90. The van der Waals surface area contributed by atoms with Crippen molar-refractivity contribution >= 4 is 33.4 Å². The van der Waals surface area contributed by atoms with Crippen molar-refractivity contribution in [3.63, 3.8) is 0 Å². The van der Waals surface area contributed by atoms with E-state index in [1.165, 1.54) is 4.88 Å². The quantitative estimate of drug-likeness (QED) is 0.429. The number of fused-ring (bicyclic) bond motifs is 2. The first-order valence-corrected chi connectivity index (χ1v) is 10.8. The van der Waals surface area contributed by atoms with Gasteiger partial charge in [0.15, 0.2) is 11.2 Å². The topological polar surface area (TPSA) is 71.5 Å². The molecule has 5 aromatic rings. The van der Waals surface area contributed by atoms with Crippen LogP contribution in [0.3, 0.4) is 0 Å². The van der Waals surface area contributed by atoms with Crippen molar-refractivity contribution in [2.75, 3.05) is 0 Å². The van der Waals surface area contributed by atoms with E-state index in [2.05, 4.69) is 35.1 Å². The van der Waals surface area contributed by atoms with Gasteiger partial charge in [0.2, 0.25) is 5.43 Å². The van der Waals surface area contributed by atoms with E-state index in [-0.39, 0.29) is 5.43 Å². The Morgan fingerprint density at radius 2 is 1.97 bits per heavy atom. The van der Waals surface area contributed by atoms with Gasteiger partial charge in [-0.1, -0.05) is 12.1 Å². The summed E-state index contributed by atoms with van der Waals surface area (Å²) >= 11 is 1.68. The molecule has 0 unspecified atom stereocenters. The standard InChI is InChI=1S/C24H18N4OS/c1-13-4-9-19(30-13)21-20(16-7-8-18-15(11-16)3-2-10-25-18)27-22-23(29)17(14-5-6-14)12-26-24(22)28-21/h2-4,7-12,14H,5-6H2,1H3,(H,26,28,29). The molecule has 1 saturated carbocycles. The fraction of sp³-hybridized carbons (Fsp3) is 0.167.